The molecule has 6 nitrogen and oxygen atoms in total. The molecule has 0 spiro atoms. The molecule has 0 saturated heterocycles. The maximum absolute atomic E-state index is 12.0. The zero-order valence-electron chi connectivity index (χ0n) is 12.9. The number of amides is 1. The molecule has 1 aliphatic rings. The summed E-state index contributed by atoms with van der Waals surface area (Å²) in [5, 5.41) is 4.46. The number of hydrogen-bond acceptors (Lipinski definition) is 5. The van der Waals surface area contributed by atoms with Crippen LogP contribution in [0.15, 0.2) is 47.6 Å². The quantitative estimate of drug-likeness (QED) is 0.667. The lowest BCUT2D eigenvalue weighted by atomic mass is 10.2. The molecule has 2 aromatic rings. The number of rotatable bonds is 5. The Bertz CT molecular complexity index is 779. The molecule has 1 N–H and O–H groups in total. The first-order chi connectivity index (χ1) is 11.6. The van der Waals surface area contributed by atoms with E-state index in [1.165, 1.54) is 6.21 Å². The second kappa shape index (κ2) is 7.23. The lowest BCUT2D eigenvalue weighted by Gasteiger charge is -2.12. The van der Waals surface area contributed by atoms with Crippen molar-refractivity contribution in [2.75, 3.05) is 6.79 Å². The number of hydrogen-bond donors (Lipinski definition) is 1. The summed E-state index contributed by atoms with van der Waals surface area (Å²) in [5.74, 6) is 1.50. The van der Waals surface area contributed by atoms with Crippen LogP contribution in [0.1, 0.15) is 12.5 Å². The number of fused-ring (bicyclic) bond motifs is 1. The van der Waals surface area contributed by atoms with Gasteiger partial charge >= 0.3 is 0 Å². The Hall–Kier alpha value is -2.73. The van der Waals surface area contributed by atoms with Crippen molar-refractivity contribution in [3.8, 4) is 17.2 Å². The first-order valence-corrected chi connectivity index (χ1v) is 7.64. The Morgan fingerprint density at radius 1 is 1.29 bits per heavy atom. The Kier molecular flexibility index (Phi) is 4.86. The molecule has 7 heteroatoms. The van der Waals surface area contributed by atoms with Crippen LogP contribution in [-0.4, -0.2) is 25.0 Å². The van der Waals surface area contributed by atoms with Crippen LogP contribution in [0.5, 0.6) is 17.2 Å². The van der Waals surface area contributed by atoms with Gasteiger partial charge in [0.15, 0.2) is 17.6 Å². The topological polar surface area (TPSA) is 69.2 Å². The van der Waals surface area contributed by atoms with Gasteiger partial charge in [-0.2, -0.15) is 5.10 Å². The van der Waals surface area contributed by atoms with E-state index in [0.29, 0.717) is 22.3 Å². The van der Waals surface area contributed by atoms with E-state index in [-0.39, 0.29) is 12.7 Å². The minimum Gasteiger partial charge on any atom is -0.481 e. The van der Waals surface area contributed by atoms with Crippen molar-refractivity contribution >= 4 is 23.7 Å². The van der Waals surface area contributed by atoms with Crippen molar-refractivity contribution in [2.24, 2.45) is 5.10 Å². The van der Waals surface area contributed by atoms with Crippen molar-refractivity contribution in [1.82, 2.24) is 5.43 Å². The van der Waals surface area contributed by atoms with Gasteiger partial charge in [0, 0.05) is 5.02 Å². The molecule has 0 bridgehead atoms. The fourth-order valence-electron chi connectivity index (χ4n) is 2.05. The molecule has 0 fully saturated rings. The van der Waals surface area contributed by atoms with Crippen LogP contribution in [-0.2, 0) is 4.79 Å². The molecule has 124 valence electrons. The SMILES string of the molecule is C[C@H](Oc1cccc(Cl)c1)C(=O)N/N=C\c1ccc2c(c1)OCO2. The number of nitrogens with zero attached hydrogens (tertiary/aromatic N) is 1. The van der Waals surface area contributed by atoms with E-state index in [0.717, 1.165) is 5.56 Å². The number of ether oxygens (including phenoxy) is 3. The fourth-order valence-corrected chi connectivity index (χ4v) is 2.23. The highest BCUT2D eigenvalue weighted by Gasteiger charge is 2.14. The van der Waals surface area contributed by atoms with Gasteiger partial charge in [0.1, 0.15) is 5.75 Å². The molecule has 24 heavy (non-hydrogen) atoms. The molecule has 0 radical (unpaired) electrons. The van der Waals surface area contributed by atoms with E-state index in [4.69, 9.17) is 25.8 Å². The van der Waals surface area contributed by atoms with E-state index in [2.05, 4.69) is 10.5 Å². The number of nitrogens with one attached hydrogen (secondary N) is 1. The summed E-state index contributed by atoms with van der Waals surface area (Å²) in [7, 11) is 0. The van der Waals surface area contributed by atoms with Crippen molar-refractivity contribution in [1.29, 1.82) is 0 Å². The number of halogens is 1. The maximum atomic E-state index is 12.0. The summed E-state index contributed by atoms with van der Waals surface area (Å²) in [5.41, 5.74) is 3.21. The molecule has 2 aromatic carbocycles. The third-order valence-corrected chi connectivity index (χ3v) is 3.50. The van der Waals surface area contributed by atoms with Gasteiger partial charge in [0.25, 0.3) is 5.91 Å². The predicted octanol–water partition coefficient (Wildman–Crippen LogP) is 2.99. The summed E-state index contributed by atoms with van der Waals surface area (Å²) in [6.07, 6.45) is 0.809. The molecule has 3 rings (SSSR count). The van der Waals surface area contributed by atoms with Gasteiger partial charge in [0.05, 0.1) is 6.21 Å². The number of benzene rings is 2. The van der Waals surface area contributed by atoms with Crippen LogP contribution in [0, 0.1) is 0 Å². The molecule has 1 atom stereocenters. The molecular weight excluding hydrogens is 332 g/mol. The molecular formula is C17H15ClN2O4. The Morgan fingerprint density at radius 3 is 2.96 bits per heavy atom. The van der Waals surface area contributed by atoms with Crippen LogP contribution >= 0.6 is 11.6 Å². The monoisotopic (exact) mass is 346 g/mol. The first-order valence-electron chi connectivity index (χ1n) is 7.26. The maximum Gasteiger partial charge on any atom is 0.280 e. The third-order valence-electron chi connectivity index (χ3n) is 3.26. The van der Waals surface area contributed by atoms with Gasteiger partial charge in [-0.3, -0.25) is 4.79 Å². The second-order valence-electron chi connectivity index (χ2n) is 5.06. The van der Waals surface area contributed by atoms with E-state index in [1.54, 1.807) is 43.3 Å². The molecule has 0 unspecified atom stereocenters. The van der Waals surface area contributed by atoms with Gasteiger partial charge in [0.2, 0.25) is 6.79 Å². The predicted molar refractivity (Wildman–Crippen MR) is 89.8 cm³/mol. The second-order valence-corrected chi connectivity index (χ2v) is 5.50. The highest BCUT2D eigenvalue weighted by Crippen LogP contribution is 2.31. The van der Waals surface area contributed by atoms with E-state index in [9.17, 15) is 4.79 Å². The lowest BCUT2D eigenvalue weighted by Crippen LogP contribution is -2.33. The summed E-state index contributed by atoms with van der Waals surface area (Å²) in [6.45, 7) is 1.84. The van der Waals surface area contributed by atoms with E-state index < -0.39 is 6.10 Å². The standard InChI is InChI=1S/C17H15ClN2O4/c1-11(24-14-4-2-3-13(18)8-14)17(21)20-19-9-12-5-6-15-16(7-12)23-10-22-15/h2-9,11H,10H2,1H3,(H,20,21)/b19-9-/t11-/m0/s1. The molecule has 0 aromatic heterocycles. The van der Waals surface area contributed by atoms with Gasteiger partial charge < -0.3 is 14.2 Å². The summed E-state index contributed by atoms with van der Waals surface area (Å²) in [4.78, 5) is 12.0. The third kappa shape index (κ3) is 3.97. The highest BCUT2D eigenvalue weighted by atomic mass is 35.5. The smallest absolute Gasteiger partial charge is 0.280 e. The first kappa shape index (κ1) is 16.1. The van der Waals surface area contributed by atoms with E-state index >= 15 is 0 Å². The molecule has 1 amide bonds. The minimum atomic E-state index is -0.711. The highest BCUT2D eigenvalue weighted by molar-refractivity contribution is 6.30. The van der Waals surface area contributed by atoms with Crippen LogP contribution < -0.4 is 19.6 Å². The fraction of sp³-hybridized carbons (Fsp3) is 0.176. The van der Waals surface area contributed by atoms with Crippen molar-refractivity contribution in [2.45, 2.75) is 13.0 Å². The van der Waals surface area contributed by atoms with Crippen molar-refractivity contribution in [3.63, 3.8) is 0 Å². The van der Waals surface area contributed by atoms with Gasteiger partial charge in [-0.1, -0.05) is 17.7 Å². The largest absolute Gasteiger partial charge is 0.481 e. The number of hydrazone groups is 1. The van der Waals surface area contributed by atoms with Crippen LogP contribution in [0.25, 0.3) is 0 Å². The number of carbonyl (C=O) groups excluding carboxylic acids is 1. The van der Waals surface area contributed by atoms with E-state index in [1.807, 2.05) is 6.07 Å². The Labute approximate surface area is 144 Å². The Morgan fingerprint density at radius 2 is 2.12 bits per heavy atom. The lowest BCUT2D eigenvalue weighted by molar-refractivity contribution is -0.127. The summed E-state index contributed by atoms with van der Waals surface area (Å²) in [6, 6.07) is 12.2. The van der Waals surface area contributed by atoms with Gasteiger partial charge in [-0.25, -0.2) is 5.43 Å². The van der Waals surface area contributed by atoms with Crippen molar-refractivity contribution in [3.05, 3.63) is 53.1 Å². The molecule has 1 aliphatic heterocycles. The average molecular weight is 347 g/mol. The average Bonchev–Trinajstić information content (AvgIpc) is 3.02. The van der Waals surface area contributed by atoms with Crippen LogP contribution in [0.3, 0.4) is 0 Å². The number of carbonyl (C=O) groups is 1. The normalized spacial score (nSPS) is 13.8. The summed E-state index contributed by atoms with van der Waals surface area (Å²) < 4.78 is 16.0. The van der Waals surface area contributed by atoms with Crippen LogP contribution in [0.2, 0.25) is 5.02 Å². The van der Waals surface area contributed by atoms with Crippen molar-refractivity contribution < 1.29 is 19.0 Å². The zero-order chi connectivity index (χ0) is 16.9. The zero-order valence-corrected chi connectivity index (χ0v) is 13.6. The van der Waals surface area contributed by atoms with Gasteiger partial charge in [-0.15, -0.1) is 0 Å². The summed E-state index contributed by atoms with van der Waals surface area (Å²) >= 11 is 5.88. The molecule has 0 aliphatic carbocycles. The van der Waals surface area contributed by atoms with Crippen LogP contribution in [0.4, 0.5) is 0 Å². The Balaban J connectivity index is 1.54. The molecule has 1 heterocycles. The molecule has 0 saturated carbocycles. The minimum absolute atomic E-state index is 0.213. The van der Waals surface area contributed by atoms with Gasteiger partial charge in [-0.05, 0) is 48.9 Å².